The van der Waals surface area contributed by atoms with Crippen LogP contribution in [0.5, 0.6) is 11.5 Å². The maximum Gasteiger partial charge on any atom is 0.168 e. The van der Waals surface area contributed by atoms with Crippen LogP contribution in [0.15, 0.2) is 12.1 Å². The number of carbonyl (C=O) groups excluding carboxylic acids is 1. The highest BCUT2D eigenvalue weighted by atomic mass is 32.1. The summed E-state index contributed by atoms with van der Waals surface area (Å²) in [4.78, 5) is 12.1. The van der Waals surface area contributed by atoms with Gasteiger partial charge in [0.25, 0.3) is 0 Å². The van der Waals surface area contributed by atoms with E-state index in [1.165, 1.54) is 0 Å². The van der Waals surface area contributed by atoms with E-state index >= 15 is 0 Å². The molecule has 1 aromatic carbocycles. The third-order valence-corrected chi connectivity index (χ3v) is 2.82. The van der Waals surface area contributed by atoms with Crippen molar-refractivity contribution in [3.05, 3.63) is 17.7 Å². The number of hydrogen-bond donors (Lipinski definition) is 2. The Balaban J connectivity index is 2.42. The van der Waals surface area contributed by atoms with E-state index in [-0.39, 0.29) is 10.9 Å². The maximum atomic E-state index is 12.1. The number of ketones is 1. The van der Waals surface area contributed by atoms with Crippen molar-refractivity contribution in [3.8, 4) is 11.5 Å². The smallest absolute Gasteiger partial charge is 0.168 e. The van der Waals surface area contributed by atoms with Crippen molar-refractivity contribution in [3.63, 3.8) is 0 Å². The molecule has 0 aliphatic carbocycles. The van der Waals surface area contributed by atoms with Crippen LogP contribution in [-0.4, -0.2) is 24.1 Å². The second kappa shape index (κ2) is 5.88. The lowest BCUT2D eigenvalue weighted by Gasteiger charge is -2.21. The van der Waals surface area contributed by atoms with Gasteiger partial charge in [-0.2, -0.15) is 0 Å². The van der Waals surface area contributed by atoms with Crippen LogP contribution in [0.3, 0.4) is 0 Å². The molecule has 1 aliphatic rings. The number of benzene rings is 1. The summed E-state index contributed by atoms with van der Waals surface area (Å²) in [5.41, 5.74) is 6.57. The van der Waals surface area contributed by atoms with Crippen molar-refractivity contribution < 1.29 is 14.3 Å². The van der Waals surface area contributed by atoms with E-state index in [4.69, 9.17) is 27.4 Å². The van der Waals surface area contributed by atoms with Gasteiger partial charge in [0.15, 0.2) is 22.4 Å². The number of rotatable bonds is 4. The fraction of sp³-hybridized carbons (Fsp3) is 0.385. The van der Waals surface area contributed by atoms with Crippen molar-refractivity contribution in [2.24, 2.45) is 5.73 Å². The van der Waals surface area contributed by atoms with Crippen LogP contribution >= 0.6 is 12.2 Å². The number of Topliss-reactive ketones (excluding diaryl/α,β-unsaturated/α-hetero) is 1. The van der Waals surface area contributed by atoms with Gasteiger partial charge in [-0.05, 0) is 24.7 Å². The highest BCUT2D eigenvalue weighted by molar-refractivity contribution is 7.80. The molecule has 0 bridgehead atoms. The number of carbonyl (C=O) groups is 1. The van der Waals surface area contributed by atoms with Crippen LogP contribution in [-0.2, 0) is 0 Å². The number of thiocarbonyl (C=S) groups is 1. The monoisotopic (exact) mass is 280 g/mol. The molecule has 1 aromatic rings. The zero-order chi connectivity index (χ0) is 13.8. The minimum absolute atomic E-state index is 0.0261. The summed E-state index contributed by atoms with van der Waals surface area (Å²) in [6.07, 6.45) is 1.24. The molecule has 0 radical (unpaired) electrons. The Morgan fingerprint density at radius 3 is 2.58 bits per heavy atom. The molecule has 0 aromatic heterocycles. The minimum Gasteiger partial charge on any atom is -0.486 e. The SMILES string of the molecule is CCCC(=O)c1cc2c(cc1NC(N)=S)OCCO2. The number of anilines is 1. The van der Waals surface area contributed by atoms with Gasteiger partial charge in [0.05, 0.1) is 5.69 Å². The Kier molecular flexibility index (Phi) is 4.21. The normalized spacial score (nSPS) is 12.9. The maximum absolute atomic E-state index is 12.1. The van der Waals surface area contributed by atoms with Crippen LogP contribution in [0.25, 0.3) is 0 Å². The molecule has 102 valence electrons. The summed E-state index contributed by atoms with van der Waals surface area (Å²) in [6.45, 7) is 2.93. The lowest BCUT2D eigenvalue weighted by atomic mass is 10.0. The number of fused-ring (bicyclic) bond motifs is 1. The summed E-state index contributed by atoms with van der Waals surface area (Å²) >= 11 is 4.83. The summed E-state index contributed by atoms with van der Waals surface area (Å²) in [5.74, 6) is 1.20. The van der Waals surface area contributed by atoms with Gasteiger partial charge in [-0.25, -0.2) is 0 Å². The number of ether oxygens (including phenoxy) is 2. The summed E-state index contributed by atoms with van der Waals surface area (Å²) < 4.78 is 11.0. The first kappa shape index (κ1) is 13.6. The predicted octanol–water partition coefficient (Wildman–Crippen LogP) is 2.10. The lowest BCUT2D eigenvalue weighted by Crippen LogP contribution is -2.22. The van der Waals surface area contributed by atoms with Crippen LogP contribution in [0.1, 0.15) is 30.1 Å². The Morgan fingerprint density at radius 2 is 2.00 bits per heavy atom. The quantitative estimate of drug-likeness (QED) is 0.650. The Bertz CT molecular complexity index is 517. The predicted molar refractivity (Wildman–Crippen MR) is 77.1 cm³/mol. The zero-order valence-electron chi connectivity index (χ0n) is 10.7. The fourth-order valence-corrected chi connectivity index (χ4v) is 2.03. The van der Waals surface area contributed by atoms with Crippen LogP contribution in [0.2, 0.25) is 0 Å². The first-order valence-electron chi connectivity index (χ1n) is 6.15. The van der Waals surface area contributed by atoms with Gasteiger partial charge in [-0.3, -0.25) is 4.79 Å². The molecule has 0 spiro atoms. The highest BCUT2D eigenvalue weighted by Gasteiger charge is 2.19. The third-order valence-electron chi connectivity index (χ3n) is 2.72. The molecule has 6 heteroatoms. The Hall–Kier alpha value is -1.82. The molecule has 19 heavy (non-hydrogen) atoms. The van der Waals surface area contributed by atoms with Gasteiger partial charge >= 0.3 is 0 Å². The van der Waals surface area contributed by atoms with Gasteiger partial charge in [0, 0.05) is 18.1 Å². The van der Waals surface area contributed by atoms with Gasteiger partial charge in [-0.1, -0.05) is 6.92 Å². The second-order valence-electron chi connectivity index (χ2n) is 4.20. The Labute approximate surface area is 117 Å². The van der Waals surface area contributed by atoms with E-state index in [0.717, 1.165) is 6.42 Å². The van der Waals surface area contributed by atoms with Crippen LogP contribution in [0.4, 0.5) is 5.69 Å². The third kappa shape index (κ3) is 3.14. The van der Waals surface area contributed by atoms with Gasteiger partial charge in [0.2, 0.25) is 0 Å². The molecule has 2 rings (SSSR count). The molecule has 0 saturated heterocycles. The molecule has 1 heterocycles. The van der Waals surface area contributed by atoms with Gasteiger partial charge in [0.1, 0.15) is 13.2 Å². The molecular weight excluding hydrogens is 264 g/mol. The van der Waals surface area contributed by atoms with E-state index < -0.39 is 0 Å². The molecule has 0 amide bonds. The summed E-state index contributed by atoms with van der Waals surface area (Å²) in [7, 11) is 0. The standard InChI is InChI=1S/C13H16N2O3S/c1-2-3-10(16)8-6-11-12(18-5-4-17-11)7-9(8)15-13(14)19/h6-7H,2-5H2,1H3,(H3,14,15,19). The zero-order valence-corrected chi connectivity index (χ0v) is 11.5. The molecular formula is C13H16N2O3S. The van der Waals surface area contributed by atoms with Gasteiger partial charge < -0.3 is 20.5 Å². The molecule has 0 saturated carbocycles. The molecule has 3 N–H and O–H groups in total. The number of nitrogens with two attached hydrogens (primary N) is 1. The van der Waals surface area contributed by atoms with E-state index in [1.807, 2.05) is 6.92 Å². The van der Waals surface area contributed by atoms with E-state index in [9.17, 15) is 4.79 Å². The van der Waals surface area contributed by atoms with E-state index in [0.29, 0.717) is 42.4 Å². The van der Waals surface area contributed by atoms with Crippen molar-refractivity contribution in [2.75, 3.05) is 18.5 Å². The topological polar surface area (TPSA) is 73.6 Å². The van der Waals surface area contributed by atoms with Crippen molar-refractivity contribution >= 4 is 28.8 Å². The molecule has 0 fully saturated rings. The first-order chi connectivity index (χ1) is 9.11. The minimum atomic E-state index is 0.0261. The second-order valence-corrected chi connectivity index (χ2v) is 4.64. The van der Waals surface area contributed by atoms with Gasteiger partial charge in [-0.15, -0.1) is 0 Å². The van der Waals surface area contributed by atoms with Crippen LogP contribution < -0.4 is 20.5 Å². The van der Waals surface area contributed by atoms with Crippen molar-refractivity contribution in [1.82, 2.24) is 0 Å². The van der Waals surface area contributed by atoms with Crippen LogP contribution in [0, 0.1) is 0 Å². The molecule has 1 aliphatic heterocycles. The number of nitrogens with one attached hydrogen (secondary N) is 1. The summed E-state index contributed by atoms with van der Waals surface area (Å²) in [5, 5.41) is 2.93. The van der Waals surface area contributed by atoms with Crippen molar-refractivity contribution in [1.29, 1.82) is 0 Å². The van der Waals surface area contributed by atoms with Crippen molar-refractivity contribution in [2.45, 2.75) is 19.8 Å². The Morgan fingerprint density at radius 1 is 1.37 bits per heavy atom. The molecule has 0 unspecified atom stereocenters. The van der Waals surface area contributed by atoms with E-state index in [1.54, 1.807) is 12.1 Å². The number of hydrogen-bond acceptors (Lipinski definition) is 4. The average Bonchev–Trinajstić information content (AvgIpc) is 2.37. The fourth-order valence-electron chi connectivity index (χ4n) is 1.92. The molecule has 0 atom stereocenters. The lowest BCUT2D eigenvalue weighted by molar-refractivity contribution is 0.0981. The highest BCUT2D eigenvalue weighted by Crippen LogP contribution is 2.36. The largest absolute Gasteiger partial charge is 0.486 e. The first-order valence-corrected chi connectivity index (χ1v) is 6.56. The van der Waals surface area contributed by atoms with E-state index in [2.05, 4.69) is 5.32 Å². The molecule has 5 nitrogen and oxygen atoms in total. The summed E-state index contributed by atoms with van der Waals surface area (Å²) in [6, 6.07) is 3.39. The average molecular weight is 280 g/mol.